The average Bonchev–Trinajstić information content (AvgIpc) is 2.73. The van der Waals surface area contributed by atoms with E-state index in [1.165, 1.54) is 30.3 Å². The van der Waals surface area contributed by atoms with Crippen molar-refractivity contribution in [2.24, 2.45) is 0 Å². The zero-order chi connectivity index (χ0) is 23.0. The first-order valence-corrected chi connectivity index (χ1v) is 10.4. The molecule has 9 heteroatoms. The third-order valence-corrected chi connectivity index (χ3v) is 5.92. The monoisotopic (exact) mass is 455 g/mol. The highest BCUT2D eigenvalue weighted by molar-refractivity contribution is 6.32. The molecule has 0 bridgehead atoms. The van der Waals surface area contributed by atoms with Crippen LogP contribution in [0.5, 0.6) is 0 Å². The van der Waals surface area contributed by atoms with Crippen LogP contribution in [0.25, 0.3) is 0 Å². The van der Waals surface area contributed by atoms with Gasteiger partial charge in [-0.25, -0.2) is 4.39 Å². The number of amides is 1. The maximum atomic E-state index is 13.6. The number of hydrogen-bond acceptors (Lipinski definition) is 5. The summed E-state index contributed by atoms with van der Waals surface area (Å²) in [4.78, 5) is 37.1. The van der Waals surface area contributed by atoms with E-state index >= 15 is 0 Å². The first-order valence-electron chi connectivity index (χ1n) is 10.0. The second-order valence-corrected chi connectivity index (χ2v) is 8.11. The molecule has 0 aromatic heterocycles. The minimum absolute atomic E-state index is 0.0386. The largest absolute Gasteiger partial charge is 0.362 e. The Labute approximate surface area is 188 Å². The van der Waals surface area contributed by atoms with E-state index < -0.39 is 22.6 Å². The van der Waals surface area contributed by atoms with Crippen LogP contribution in [0.1, 0.15) is 37.7 Å². The van der Waals surface area contributed by atoms with Gasteiger partial charge in [0, 0.05) is 46.6 Å². The number of allylic oxidation sites excluding steroid dienone is 3. The van der Waals surface area contributed by atoms with Crippen LogP contribution in [0.4, 0.5) is 15.8 Å². The van der Waals surface area contributed by atoms with E-state index in [2.05, 4.69) is 10.6 Å². The number of halogens is 2. The van der Waals surface area contributed by atoms with Crippen LogP contribution < -0.4 is 10.6 Å². The number of rotatable bonds is 4. The molecule has 2 aromatic rings. The molecule has 164 valence electrons. The van der Waals surface area contributed by atoms with Crippen molar-refractivity contribution in [3.63, 3.8) is 0 Å². The van der Waals surface area contributed by atoms with Crippen molar-refractivity contribution < 1.29 is 18.9 Å². The molecule has 4 rings (SSSR count). The van der Waals surface area contributed by atoms with Gasteiger partial charge in [-0.2, -0.15) is 0 Å². The van der Waals surface area contributed by atoms with Crippen molar-refractivity contribution in [1.82, 2.24) is 5.32 Å². The van der Waals surface area contributed by atoms with Crippen LogP contribution in [0, 0.1) is 15.9 Å². The van der Waals surface area contributed by atoms with E-state index in [-0.39, 0.29) is 27.8 Å². The van der Waals surface area contributed by atoms with Crippen molar-refractivity contribution >= 4 is 34.7 Å². The van der Waals surface area contributed by atoms with E-state index in [1.807, 2.05) is 0 Å². The molecule has 7 nitrogen and oxygen atoms in total. The Balaban J connectivity index is 1.84. The highest BCUT2D eigenvalue weighted by Gasteiger charge is 2.39. The summed E-state index contributed by atoms with van der Waals surface area (Å²) in [6, 6.07) is 9.73. The molecule has 2 aromatic carbocycles. The Morgan fingerprint density at radius 3 is 2.75 bits per heavy atom. The molecule has 1 aliphatic heterocycles. The number of Topliss-reactive ketones (excluding diaryl/α,β-unsaturated/α-hetero) is 1. The number of benzene rings is 2. The van der Waals surface area contributed by atoms with E-state index in [0.29, 0.717) is 41.8 Å². The number of nitrogens with one attached hydrogen (secondary N) is 2. The van der Waals surface area contributed by atoms with Crippen LogP contribution in [0.2, 0.25) is 5.02 Å². The number of dihydropyridines is 1. The molecule has 1 heterocycles. The minimum atomic E-state index is -0.816. The lowest BCUT2D eigenvalue weighted by atomic mass is 9.75. The van der Waals surface area contributed by atoms with Crippen molar-refractivity contribution in [2.75, 3.05) is 5.32 Å². The van der Waals surface area contributed by atoms with Gasteiger partial charge in [0.15, 0.2) is 5.78 Å². The summed E-state index contributed by atoms with van der Waals surface area (Å²) in [5, 5.41) is 17.3. The lowest BCUT2D eigenvalue weighted by molar-refractivity contribution is -0.384. The number of nitrogens with zero attached hydrogens (tertiary/aromatic N) is 1. The first-order chi connectivity index (χ1) is 15.3. The van der Waals surface area contributed by atoms with Crippen molar-refractivity contribution in [1.29, 1.82) is 0 Å². The van der Waals surface area contributed by atoms with Crippen LogP contribution in [-0.4, -0.2) is 16.6 Å². The number of ketones is 1. The molecule has 0 saturated carbocycles. The standard InChI is InChI=1S/C23H19ClFN3O4/c1-12-20(23(30)27-15-5-2-4-14(25)11-15)21(22-17(26-12)6-3-7-19(22)29)13-8-9-16(24)18(10-13)28(31)32/h2,4-5,8-11,21,26H,3,6-7H2,1H3,(H,27,30). The number of nitro groups is 1. The van der Waals surface area contributed by atoms with Crippen LogP contribution in [0.3, 0.4) is 0 Å². The summed E-state index contributed by atoms with van der Waals surface area (Å²) in [5.74, 6) is -1.98. The second-order valence-electron chi connectivity index (χ2n) is 7.70. The third-order valence-electron chi connectivity index (χ3n) is 5.60. The van der Waals surface area contributed by atoms with E-state index in [9.17, 15) is 24.1 Å². The predicted octanol–water partition coefficient (Wildman–Crippen LogP) is 4.99. The lowest BCUT2D eigenvalue weighted by Gasteiger charge is -2.34. The Morgan fingerprint density at radius 2 is 2.03 bits per heavy atom. The Kier molecular flexibility index (Phi) is 5.80. The molecule has 2 aliphatic rings. The SMILES string of the molecule is CC1=C(C(=O)Nc2cccc(F)c2)C(c2ccc(Cl)c([N+](=O)[O-])c2)C2=C(CCCC2=O)N1. The molecule has 0 fully saturated rings. The maximum Gasteiger partial charge on any atom is 0.288 e. The molecule has 32 heavy (non-hydrogen) atoms. The van der Waals surface area contributed by atoms with Crippen molar-refractivity contribution in [3.8, 4) is 0 Å². The smallest absolute Gasteiger partial charge is 0.288 e. The van der Waals surface area contributed by atoms with E-state index in [4.69, 9.17) is 11.6 Å². The van der Waals surface area contributed by atoms with Crippen molar-refractivity contribution in [3.05, 3.63) is 91.5 Å². The molecule has 0 spiro atoms. The number of nitro benzene ring substituents is 1. The summed E-state index contributed by atoms with van der Waals surface area (Å²) in [6.07, 6.45) is 1.63. The fraction of sp³-hybridized carbons (Fsp3) is 0.217. The summed E-state index contributed by atoms with van der Waals surface area (Å²) in [6.45, 7) is 1.71. The lowest BCUT2D eigenvalue weighted by Crippen LogP contribution is -2.35. The van der Waals surface area contributed by atoms with Gasteiger partial charge < -0.3 is 10.6 Å². The van der Waals surface area contributed by atoms with Crippen LogP contribution >= 0.6 is 11.6 Å². The van der Waals surface area contributed by atoms with E-state index in [0.717, 1.165) is 0 Å². The summed E-state index contributed by atoms with van der Waals surface area (Å²) < 4.78 is 13.6. The minimum Gasteiger partial charge on any atom is -0.362 e. The molecule has 1 unspecified atom stereocenters. The third kappa shape index (κ3) is 4.01. The number of anilines is 1. The molecule has 1 amide bonds. The topological polar surface area (TPSA) is 101 Å². The normalized spacial score (nSPS) is 18.2. The molecule has 2 N–H and O–H groups in total. The van der Waals surface area contributed by atoms with Gasteiger partial charge in [0.1, 0.15) is 10.8 Å². The Morgan fingerprint density at radius 1 is 1.25 bits per heavy atom. The van der Waals surface area contributed by atoms with Gasteiger partial charge in [-0.1, -0.05) is 23.7 Å². The van der Waals surface area contributed by atoms with Gasteiger partial charge in [-0.3, -0.25) is 19.7 Å². The summed E-state index contributed by atoms with van der Waals surface area (Å²) >= 11 is 5.99. The van der Waals surface area contributed by atoms with Gasteiger partial charge in [-0.05, 0) is 49.6 Å². The van der Waals surface area contributed by atoms with E-state index in [1.54, 1.807) is 19.1 Å². The quantitative estimate of drug-likeness (QED) is 0.499. The second kappa shape index (κ2) is 8.55. The number of hydrogen-bond donors (Lipinski definition) is 2. The highest BCUT2D eigenvalue weighted by atomic mass is 35.5. The molecule has 1 atom stereocenters. The van der Waals surface area contributed by atoms with Gasteiger partial charge in [-0.15, -0.1) is 0 Å². The van der Waals surface area contributed by atoms with Gasteiger partial charge in [0.25, 0.3) is 11.6 Å². The fourth-order valence-corrected chi connectivity index (χ4v) is 4.42. The Bertz CT molecular complexity index is 1220. The molecule has 0 saturated heterocycles. The van der Waals surface area contributed by atoms with Crippen LogP contribution in [0.15, 0.2) is 65.0 Å². The zero-order valence-electron chi connectivity index (χ0n) is 17.1. The molecular formula is C23H19ClFN3O4. The molecule has 1 aliphatic carbocycles. The summed E-state index contributed by atoms with van der Waals surface area (Å²) in [7, 11) is 0. The fourth-order valence-electron chi connectivity index (χ4n) is 4.23. The first kappa shape index (κ1) is 21.7. The van der Waals surface area contributed by atoms with Gasteiger partial charge >= 0.3 is 0 Å². The van der Waals surface area contributed by atoms with Crippen molar-refractivity contribution in [2.45, 2.75) is 32.1 Å². The maximum absolute atomic E-state index is 13.6. The van der Waals surface area contributed by atoms with Crippen LogP contribution in [-0.2, 0) is 9.59 Å². The molecular weight excluding hydrogens is 437 g/mol. The number of carbonyl (C=O) groups excluding carboxylic acids is 2. The van der Waals surface area contributed by atoms with Gasteiger partial charge in [0.05, 0.1) is 4.92 Å². The zero-order valence-corrected chi connectivity index (χ0v) is 17.8. The summed E-state index contributed by atoms with van der Waals surface area (Å²) in [5.41, 5.74) is 2.25. The average molecular weight is 456 g/mol. The Hall–Kier alpha value is -3.52. The predicted molar refractivity (Wildman–Crippen MR) is 118 cm³/mol. The molecule has 0 radical (unpaired) electrons. The van der Waals surface area contributed by atoms with Gasteiger partial charge in [0.2, 0.25) is 0 Å². The number of carbonyl (C=O) groups is 2. The highest BCUT2D eigenvalue weighted by Crippen LogP contribution is 2.43.